The summed E-state index contributed by atoms with van der Waals surface area (Å²) in [5.41, 5.74) is 7.36. The van der Waals surface area contributed by atoms with Gasteiger partial charge in [-0.2, -0.15) is 0 Å². The summed E-state index contributed by atoms with van der Waals surface area (Å²) < 4.78 is 13.7. The van der Waals surface area contributed by atoms with Gasteiger partial charge in [0.15, 0.2) is 0 Å². The highest BCUT2D eigenvalue weighted by atomic mass is 35.5. The summed E-state index contributed by atoms with van der Waals surface area (Å²) in [7, 11) is 0. The molecule has 0 radical (unpaired) electrons. The first-order chi connectivity index (χ1) is 7.59. The number of hydrogen-bond donors (Lipinski definition) is 1. The Morgan fingerprint density at radius 1 is 1.38 bits per heavy atom. The van der Waals surface area contributed by atoms with Crippen molar-refractivity contribution in [1.82, 2.24) is 0 Å². The number of benzene rings is 1. The summed E-state index contributed by atoms with van der Waals surface area (Å²) in [5.74, 6) is -0.281. The van der Waals surface area contributed by atoms with Crippen LogP contribution in [0.4, 0.5) is 4.39 Å². The molecule has 1 aromatic heterocycles. The first-order valence-electron chi connectivity index (χ1n) is 4.84. The maximum atomic E-state index is 13.7. The van der Waals surface area contributed by atoms with E-state index in [0.717, 1.165) is 10.4 Å². The number of thiophene rings is 1. The van der Waals surface area contributed by atoms with Gasteiger partial charge in [-0.1, -0.05) is 23.7 Å². The van der Waals surface area contributed by atoms with Gasteiger partial charge in [0.05, 0.1) is 11.1 Å². The topological polar surface area (TPSA) is 26.0 Å². The molecule has 1 atom stereocenters. The third-order valence-electron chi connectivity index (χ3n) is 2.42. The lowest BCUT2D eigenvalue weighted by Crippen LogP contribution is -2.12. The van der Waals surface area contributed by atoms with Crippen molar-refractivity contribution in [3.05, 3.63) is 56.5 Å². The molecule has 1 heterocycles. The normalized spacial score (nSPS) is 12.8. The van der Waals surface area contributed by atoms with E-state index in [-0.39, 0.29) is 5.82 Å². The van der Waals surface area contributed by atoms with Crippen molar-refractivity contribution in [2.75, 3.05) is 0 Å². The molecule has 1 aromatic carbocycles. The summed E-state index contributed by atoms with van der Waals surface area (Å²) in [6.07, 6.45) is 0. The zero-order valence-corrected chi connectivity index (χ0v) is 10.3. The molecule has 1 unspecified atom stereocenters. The molecular formula is C12H11ClFNS. The Morgan fingerprint density at radius 2 is 2.12 bits per heavy atom. The molecule has 84 valence electrons. The second kappa shape index (κ2) is 4.53. The van der Waals surface area contributed by atoms with Crippen molar-refractivity contribution in [2.45, 2.75) is 13.0 Å². The molecule has 0 aliphatic carbocycles. The van der Waals surface area contributed by atoms with Crippen molar-refractivity contribution in [1.29, 1.82) is 0 Å². The fourth-order valence-corrected chi connectivity index (χ4v) is 2.75. The number of aryl methyl sites for hydroxylation is 1. The zero-order valence-electron chi connectivity index (χ0n) is 8.71. The monoisotopic (exact) mass is 255 g/mol. The molecule has 16 heavy (non-hydrogen) atoms. The molecule has 0 spiro atoms. The smallest absolute Gasteiger partial charge is 0.128 e. The minimum Gasteiger partial charge on any atom is -0.319 e. The Kier molecular flexibility index (Phi) is 3.28. The zero-order chi connectivity index (χ0) is 11.7. The van der Waals surface area contributed by atoms with Gasteiger partial charge in [-0.25, -0.2) is 4.39 Å². The first kappa shape index (κ1) is 11.6. The molecular weight excluding hydrogens is 245 g/mol. The number of halogens is 2. The third-order valence-corrected chi connectivity index (χ3v) is 3.86. The Labute approximate surface area is 103 Å². The molecule has 0 saturated heterocycles. The van der Waals surface area contributed by atoms with E-state index in [2.05, 4.69) is 0 Å². The van der Waals surface area contributed by atoms with Crippen molar-refractivity contribution in [3.8, 4) is 0 Å². The van der Waals surface area contributed by atoms with E-state index < -0.39 is 6.04 Å². The highest BCUT2D eigenvalue weighted by molar-refractivity contribution is 7.10. The van der Waals surface area contributed by atoms with Crippen molar-refractivity contribution in [2.24, 2.45) is 5.73 Å². The molecule has 2 aromatic rings. The average Bonchev–Trinajstić information content (AvgIpc) is 2.63. The second-order valence-electron chi connectivity index (χ2n) is 3.64. The average molecular weight is 256 g/mol. The van der Waals surface area contributed by atoms with Crippen LogP contribution < -0.4 is 5.73 Å². The summed E-state index contributed by atoms with van der Waals surface area (Å²) in [4.78, 5) is 0.796. The second-order valence-corrected chi connectivity index (χ2v) is 4.99. The van der Waals surface area contributed by atoms with Gasteiger partial charge in [-0.15, -0.1) is 11.3 Å². The van der Waals surface area contributed by atoms with Gasteiger partial charge < -0.3 is 5.73 Å². The predicted molar refractivity (Wildman–Crippen MR) is 66.5 cm³/mol. The van der Waals surface area contributed by atoms with Crippen LogP contribution in [-0.4, -0.2) is 0 Å². The summed E-state index contributed by atoms with van der Waals surface area (Å²) in [6.45, 7) is 1.84. The number of rotatable bonds is 2. The fourth-order valence-electron chi connectivity index (χ4n) is 1.55. The SMILES string of the molecule is Cc1ccc(C(N)c2sccc2Cl)c(F)c1. The van der Waals surface area contributed by atoms with Gasteiger partial charge in [0, 0.05) is 10.4 Å². The summed E-state index contributed by atoms with van der Waals surface area (Å²) >= 11 is 7.42. The van der Waals surface area contributed by atoms with Gasteiger partial charge >= 0.3 is 0 Å². The van der Waals surface area contributed by atoms with Gasteiger partial charge in [0.1, 0.15) is 5.82 Å². The first-order valence-corrected chi connectivity index (χ1v) is 6.10. The van der Waals surface area contributed by atoms with E-state index in [1.54, 1.807) is 12.1 Å². The Hall–Kier alpha value is -0.900. The van der Waals surface area contributed by atoms with Crippen LogP contribution in [0.15, 0.2) is 29.6 Å². The van der Waals surface area contributed by atoms with Crippen LogP contribution in [0.5, 0.6) is 0 Å². The fraction of sp³-hybridized carbons (Fsp3) is 0.167. The lowest BCUT2D eigenvalue weighted by molar-refractivity contribution is 0.600. The lowest BCUT2D eigenvalue weighted by Gasteiger charge is -2.12. The molecule has 0 amide bonds. The van der Waals surface area contributed by atoms with Crippen LogP contribution >= 0.6 is 22.9 Å². The van der Waals surface area contributed by atoms with Crippen LogP contribution in [0.2, 0.25) is 5.02 Å². The van der Waals surface area contributed by atoms with E-state index in [1.807, 2.05) is 18.4 Å². The van der Waals surface area contributed by atoms with Gasteiger partial charge in [0.25, 0.3) is 0 Å². The molecule has 4 heteroatoms. The molecule has 0 bridgehead atoms. The largest absolute Gasteiger partial charge is 0.319 e. The standard InChI is InChI=1S/C12H11ClFNS/c1-7-2-3-8(10(14)6-7)11(15)12-9(13)4-5-16-12/h2-6,11H,15H2,1H3. The third kappa shape index (κ3) is 2.12. The summed E-state index contributed by atoms with van der Waals surface area (Å²) in [5, 5.41) is 2.45. The highest BCUT2D eigenvalue weighted by Gasteiger charge is 2.17. The van der Waals surface area contributed by atoms with Crippen LogP contribution in [0.1, 0.15) is 22.0 Å². The van der Waals surface area contributed by atoms with Crippen LogP contribution in [0, 0.1) is 12.7 Å². The lowest BCUT2D eigenvalue weighted by atomic mass is 10.0. The van der Waals surface area contributed by atoms with Gasteiger partial charge in [-0.3, -0.25) is 0 Å². The Balaban J connectivity index is 2.41. The van der Waals surface area contributed by atoms with E-state index in [9.17, 15) is 4.39 Å². The molecule has 0 fully saturated rings. The molecule has 1 nitrogen and oxygen atoms in total. The molecule has 0 aliphatic heterocycles. The van der Waals surface area contributed by atoms with E-state index in [4.69, 9.17) is 17.3 Å². The van der Waals surface area contributed by atoms with Crippen molar-refractivity contribution in [3.63, 3.8) is 0 Å². The number of hydrogen-bond acceptors (Lipinski definition) is 2. The predicted octanol–water partition coefficient (Wildman–Crippen LogP) is 3.90. The van der Waals surface area contributed by atoms with E-state index >= 15 is 0 Å². The van der Waals surface area contributed by atoms with Crippen LogP contribution in [0.3, 0.4) is 0 Å². The van der Waals surface area contributed by atoms with Crippen LogP contribution in [-0.2, 0) is 0 Å². The van der Waals surface area contributed by atoms with Crippen molar-refractivity contribution < 1.29 is 4.39 Å². The molecule has 2 rings (SSSR count). The Bertz CT molecular complexity index is 509. The van der Waals surface area contributed by atoms with E-state index in [0.29, 0.717) is 10.6 Å². The maximum Gasteiger partial charge on any atom is 0.128 e. The minimum absolute atomic E-state index is 0.281. The van der Waals surface area contributed by atoms with Gasteiger partial charge in [-0.05, 0) is 30.0 Å². The maximum absolute atomic E-state index is 13.7. The van der Waals surface area contributed by atoms with Gasteiger partial charge in [0.2, 0.25) is 0 Å². The summed E-state index contributed by atoms with van der Waals surface area (Å²) in [6, 6.07) is 6.32. The molecule has 2 N–H and O–H groups in total. The van der Waals surface area contributed by atoms with Crippen molar-refractivity contribution >= 4 is 22.9 Å². The molecule has 0 aliphatic rings. The Morgan fingerprint density at radius 3 is 2.69 bits per heavy atom. The van der Waals surface area contributed by atoms with Crippen LogP contribution in [0.25, 0.3) is 0 Å². The quantitative estimate of drug-likeness (QED) is 0.866. The van der Waals surface area contributed by atoms with E-state index in [1.165, 1.54) is 17.4 Å². The number of nitrogens with two attached hydrogens (primary N) is 1. The minimum atomic E-state index is -0.493. The molecule has 0 saturated carbocycles. The highest BCUT2D eigenvalue weighted by Crippen LogP contribution is 2.32.